The summed E-state index contributed by atoms with van der Waals surface area (Å²) in [4.78, 5) is 0. The molecule has 16 heteroatoms. The van der Waals surface area contributed by atoms with Crippen LogP contribution in [-0.4, -0.2) is 26.4 Å². The Morgan fingerprint density at radius 3 is 1.05 bits per heavy atom. The number of hydrogen-bond acceptors (Lipinski definition) is 8. The molecule has 0 amide bonds. The normalized spacial score (nSPS) is 13.7. The molecule has 0 spiro atoms. The van der Waals surface area contributed by atoms with Gasteiger partial charge in [0, 0.05) is 11.4 Å². The Bertz CT molecular complexity index is 1830. The van der Waals surface area contributed by atoms with E-state index in [-0.39, 0.29) is 37.8 Å². The summed E-state index contributed by atoms with van der Waals surface area (Å²) in [5, 5.41) is 5.74. The molecule has 4 aromatic carbocycles. The maximum Gasteiger partial charge on any atom is 0.417 e. The lowest BCUT2D eigenvalue weighted by Crippen LogP contribution is -2.17. The topological polar surface area (TPSA) is 95.1 Å². The fraction of sp³-hybridized carbons (Fsp3) is 0.400. The third-order valence-electron chi connectivity index (χ3n) is 8.82. The molecule has 0 aliphatic heterocycles. The zero-order chi connectivity index (χ0) is 41.3. The predicted octanol–water partition coefficient (Wildman–Crippen LogP) is 13.3. The zero-order valence-electron chi connectivity index (χ0n) is 32.1. The van der Waals surface area contributed by atoms with Gasteiger partial charge in [0.2, 0.25) is 0 Å². The van der Waals surface area contributed by atoms with E-state index in [1.54, 1.807) is 76.2 Å². The van der Waals surface area contributed by atoms with Crippen molar-refractivity contribution >= 4 is 26.6 Å². The molecule has 0 bridgehead atoms. The second kappa shape index (κ2) is 19.2. The molecule has 8 nitrogen and oxygen atoms in total. The number of aryl methyl sites for hydroxylation is 2. The van der Waals surface area contributed by atoms with E-state index >= 15 is 0 Å². The molecule has 0 aliphatic rings. The first-order valence-electron chi connectivity index (χ1n) is 18.4. The lowest BCUT2D eigenvalue weighted by molar-refractivity contribution is -0.139. The molecule has 2 N–H and O–H groups in total. The van der Waals surface area contributed by atoms with Crippen LogP contribution >= 0.6 is 15.2 Å². The Kier molecular flexibility index (Phi) is 15.5. The summed E-state index contributed by atoms with van der Waals surface area (Å²) in [6.07, 6.45) is -8.83. The first-order chi connectivity index (χ1) is 26.5. The van der Waals surface area contributed by atoms with Crippen LogP contribution in [0.2, 0.25) is 0 Å². The molecule has 0 saturated heterocycles. The van der Waals surface area contributed by atoms with Crippen LogP contribution in [0.3, 0.4) is 0 Å². The van der Waals surface area contributed by atoms with Crippen LogP contribution in [0.4, 0.5) is 37.7 Å². The summed E-state index contributed by atoms with van der Waals surface area (Å²) in [6, 6.07) is 19.4. The Labute approximate surface area is 324 Å². The number of hydrogen-bond donors (Lipinski definition) is 2. The highest BCUT2D eigenvalue weighted by Gasteiger charge is 2.42. The van der Waals surface area contributed by atoms with E-state index < -0.39 is 61.4 Å². The van der Waals surface area contributed by atoms with Gasteiger partial charge in [-0.25, -0.2) is 0 Å². The van der Waals surface area contributed by atoms with Gasteiger partial charge in [-0.1, -0.05) is 74.5 Å². The second-order valence-corrected chi connectivity index (χ2v) is 16.8. The average Bonchev–Trinajstić information content (AvgIpc) is 3.15. The van der Waals surface area contributed by atoms with Crippen molar-refractivity contribution in [2.24, 2.45) is 0 Å². The van der Waals surface area contributed by atoms with Crippen LogP contribution in [0, 0.1) is 0 Å². The molecule has 0 saturated carbocycles. The molecule has 0 fully saturated rings. The number of rotatable bonds is 19. The summed E-state index contributed by atoms with van der Waals surface area (Å²) in [7, 11) is -8.09. The van der Waals surface area contributed by atoms with Crippen LogP contribution in [0.5, 0.6) is 0 Å². The van der Waals surface area contributed by atoms with Crippen molar-refractivity contribution in [3.05, 3.63) is 118 Å². The van der Waals surface area contributed by atoms with Crippen LogP contribution in [0.25, 0.3) is 11.1 Å². The maximum atomic E-state index is 14.8. The highest BCUT2D eigenvalue weighted by Crippen LogP contribution is 2.62. The number of benzene rings is 4. The van der Waals surface area contributed by atoms with Crippen molar-refractivity contribution in [3.63, 3.8) is 0 Å². The van der Waals surface area contributed by atoms with Crippen molar-refractivity contribution in [1.82, 2.24) is 0 Å². The van der Waals surface area contributed by atoms with Gasteiger partial charge in [0.25, 0.3) is 0 Å². The van der Waals surface area contributed by atoms with Crippen molar-refractivity contribution in [2.45, 2.75) is 78.3 Å². The predicted molar refractivity (Wildman–Crippen MR) is 208 cm³/mol. The molecule has 0 aliphatic carbocycles. The fourth-order valence-electron chi connectivity index (χ4n) is 6.18. The van der Waals surface area contributed by atoms with E-state index in [2.05, 4.69) is 10.6 Å². The van der Waals surface area contributed by atoms with E-state index in [0.717, 1.165) is 23.3 Å². The Morgan fingerprint density at radius 1 is 0.500 bits per heavy atom. The highest BCUT2D eigenvalue weighted by atomic mass is 31.2. The molecule has 2 atom stereocenters. The zero-order valence-corrected chi connectivity index (χ0v) is 33.9. The number of alkyl halides is 6. The fourth-order valence-corrected chi connectivity index (χ4v) is 10.1. The van der Waals surface area contributed by atoms with Crippen molar-refractivity contribution in [1.29, 1.82) is 0 Å². The Balaban J connectivity index is 1.85. The SMILES string of the molecule is CCOP(=O)(OCC)C(Nc1ccc(-c2ccc(NC(c3ccc(CC)cc3)P(=O)(OCC)OCC)cc2C(F)(F)F)c(C(F)(F)F)c1)c1ccc(CC)cc1. The summed E-state index contributed by atoms with van der Waals surface area (Å²) in [5.74, 6) is -2.52. The van der Waals surface area contributed by atoms with Gasteiger partial charge in [0.1, 0.15) is 0 Å². The lowest BCUT2D eigenvalue weighted by Gasteiger charge is -2.29. The van der Waals surface area contributed by atoms with Crippen LogP contribution < -0.4 is 10.6 Å². The van der Waals surface area contributed by atoms with Crippen LogP contribution in [-0.2, 0) is 52.4 Å². The maximum absolute atomic E-state index is 14.8. The molecule has 4 aromatic rings. The third kappa shape index (κ3) is 10.8. The molecular formula is C40H48F6N2O6P2. The van der Waals surface area contributed by atoms with Gasteiger partial charge in [0.05, 0.1) is 37.6 Å². The monoisotopic (exact) mass is 828 g/mol. The minimum atomic E-state index is -5.12. The van der Waals surface area contributed by atoms with Crippen molar-refractivity contribution < 1.29 is 53.6 Å². The summed E-state index contributed by atoms with van der Waals surface area (Å²) < 4.78 is 139. The summed E-state index contributed by atoms with van der Waals surface area (Å²) in [6.45, 7) is 10.2. The van der Waals surface area contributed by atoms with Gasteiger partial charge in [0.15, 0.2) is 11.6 Å². The quantitative estimate of drug-likeness (QED) is 0.0713. The summed E-state index contributed by atoms with van der Waals surface area (Å²) in [5.41, 5.74) is -1.87. The molecule has 0 aromatic heterocycles. The van der Waals surface area contributed by atoms with E-state index in [4.69, 9.17) is 18.1 Å². The molecule has 306 valence electrons. The summed E-state index contributed by atoms with van der Waals surface area (Å²) >= 11 is 0. The van der Waals surface area contributed by atoms with E-state index in [9.17, 15) is 35.5 Å². The Hall–Kier alpha value is -3.64. The van der Waals surface area contributed by atoms with Gasteiger partial charge in [-0.15, -0.1) is 0 Å². The van der Waals surface area contributed by atoms with Gasteiger partial charge in [-0.2, -0.15) is 26.3 Å². The largest absolute Gasteiger partial charge is 0.417 e. The Morgan fingerprint density at radius 2 is 0.804 bits per heavy atom. The van der Waals surface area contributed by atoms with Gasteiger partial charge in [-0.3, -0.25) is 9.13 Å². The first kappa shape index (κ1) is 45.1. The molecule has 0 radical (unpaired) electrons. The van der Waals surface area contributed by atoms with Crippen LogP contribution in [0.15, 0.2) is 84.9 Å². The lowest BCUT2D eigenvalue weighted by atomic mass is 9.93. The van der Waals surface area contributed by atoms with E-state index in [1.807, 2.05) is 13.8 Å². The smallest absolute Gasteiger partial charge is 0.368 e. The standard InChI is InChI=1S/C40H48F6N2O6P2/c1-7-27-13-17-29(18-14-27)37(55(49,51-9-3)52-10-4)47-31-21-23-33(35(25-31)39(41,42)43)34-24-22-32(26-36(34)40(44,45)46)48-38(56(50,53-11-5)54-12-6)30-19-15-28(8-2)16-20-30/h13-26,37-38,47-48H,7-12H2,1-6H3. The highest BCUT2D eigenvalue weighted by molar-refractivity contribution is 7.54. The van der Waals surface area contributed by atoms with Gasteiger partial charge >= 0.3 is 27.5 Å². The molecule has 56 heavy (non-hydrogen) atoms. The van der Waals surface area contributed by atoms with E-state index in [1.165, 1.54) is 12.1 Å². The average molecular weight is 829 g/mol. The van der Waals surface area contributed by atoms with Crippen LogP contribution in [0.1, 0.15) is 86.5 Å². The molecule has 2 unspecified atom stereocenters. The first-order valence-corrected chi connectivity index (χ1v) is 21.6. The van der Waals surface area contributed by atoms with Crippen molar-refractivity contribution in [3.8, 4) is 11.1 Å². The second-order valence-electron chi connectivity index (χ2n) is 12.6. The molecule has 0 heterocycles. The van der Waals surface area contributed by atoms with Crippen molar-refractivity contribution in [2.75, 3.05) is 37.1 Å². The van der Waals surface area contributed by atoms with E-state index in [0.29, 0.717) is 36.1 Å². The minimum Gasteiger partial charge on any atom is -0.368 e. The minimum absolute atomic E-state index is 0.0268. The number of anilines is 2. The van der Waals surface area contributed by atoms with Gasteiger partial charge in [-0.05, 0) is 98.2 Å². The van der Waals surface area contributed by atoms with Gasteiger partial charge < -0.3 is 28.7 Å². The third-order valence-corrected chi connectivity index (χ3v) is 13.4. The molecular weight excluding hydrogens is 780 g/mol. The number of halogens is 6. The molecule has 4 rings (SSSR count). The number of nitrogens with one attached hydrogen (secondary N) is 2.